The van der Waals surface area contributed by atoms with Crippen LogP contribution < -0.4 is 5.32 Å². The van der Waals surface area contributed by atoms with Crippen LogP contribution in [0.4, 0.5) is 4.79 Å². The highest BCUT2D eigenvalue weighted by Gasteiger charge is 2.23. The molecule has 2 rings (SSSR count). The highest BCUT2D eigenvalue weighted by atomic mass is 16.5. The fourth-order valence-corrected chi connectivity index (χ4v) is 2.69. The molecular weight excluding hydrogens is 268 g/mol. The fourth-order valence-electron chi connectivity index (χ4n) is 2.69. The molecule has 1 aliphatic heterocycles. The van der Waals surface area contributed by atoms with Crippen LogP contribution in [-0.4, -0.2) is 49.4 Å². The van der Waals surface area contributed by atoms with Gasteiger partial charge in [-0.15, -0.1) is 0 Å². The van der Waals surface area contributed by atoms with Gasteiger partial charge in [0.25, 0.3) is 0 Å². The van der Waals surface area contributed by atoms with Gasteiger partial charge in [0.15, 0.2) is 0 Å². The number of methoxy groups -OCH3 is 1. The summed E-state index contributed by atoms with van der Waals surface area (Å²) in [4.78, 5) is 13.9. The van der Waals surface area contributed by atoms with Gasteiger partial charge in [-0.1, -0.05) is 12.1 Å². The molecule has 1 fully saturated rings. The average molecular weight is 292 g/mol. The third-order valence-electron chi connectivity index (χ3n) is 3.95. The van der Waals surface area contributed by atoms with Crippen molar-refractivity contribution in [3.8, 4) is 5.75 Å². The van der Waals surface area contributed by atoms with Gasteiger partial charge in [0.1, 0.15) is 5.75 Å². The van der Waals surface area contributed by atoms with Crippen LogP contribution in [0.3, 0.4) is 0 Å². The standard InChI is InChI=1S/C16H24N2O3/c1-21-12-2-9-17-16(20)18-10-7-14(8-11-18)13-3-5-15(19)6-4-13/h3-6,14,19H,2,7-12H2,1H3,(H,17,20). The van der Waals surface area contributed by atoms with Crippen molar-refractivity contribution in [3.05, 3.63) is 29.8 Å². The van der Waals surface area contributed by atoms with Crippen LogP contribution in [0.5, 0.6) is 5.75 Å². The number of hydrogen-bond donors (Lipinski definition) is 2. The Kier molecular flexibility index (Phi) is 5.87. The maximum absolute atomic E-state index is 12.0. The van der Waals surface area contributed by atoms with Crippen LogP contribution in [0.15, 0.2) is 24.3 Å². The van der Waals surface area contributed by atoms with Crippen LogP contribution in [0.1, 0.15) is 30.7 Å². The smallest absolute Gasteiger partial charge is 0.317 e. The van der Waals surface area contributed by atoms with Gasteiger partial charge in [-0.25, -0.2) is 4.79 Å². The zero-order chi connectivity index (χ0) is 15.1. The van der Waals surface area contributed by atoms with Gasteiger partial charge >= 0.3 is 6.03 Å². The van der Waals surface area contributed by atoms with Crippen LogP contribution in [0, 0.1) is 0 Å². The molecule has 2 N–H and O–H groups in total. The van der Waals surface area contributed by atoms with Crippen LogP contribution in [-0.2, 0) is 4.74 Å². The molecule has 116 valence electrons. The molecule has 5 nitrogen and oxygen atoms in total. The number of urea groups is 1. The van der Waals surface area contributed by atoms with E-state index < -0.39 is 0 Å². The molecule has 0 unspecified atom stereocenters. The Hall–Kier alpha value is -1.75. The minimum absolute atomic E-state index is 0.0234. The Morgan fingerprint density at radius 2 is 2.00 bits per heavy atom. The van der Waals surface area contributed by atoms with E-state index in [1.54, 1.807) is 19.2 Å². The highest BCUT2D eigenvalue weighted by Crippen LogP contribution is 2.28. The molecule has 1 saturated heterocycles. The summed E-state index contributed by atoms with van der Waals surface area (Å²) in [5.74, 6) is 0.773. The number of aromatic hydroxyl groups is 1. The number of piperidine rings is 1. The van der Waals surface area contributed by atoms with E-state index in [1.807, 2.05) is 17.0 Å². The Morgan fingerprint density at radius 3 is 2.62 bits per heavy atom. The molecule has 0 aliphatic carbocycles. The Bertz CT molecular complexity index is 439. The molecule has 0 bridgehead atoms. The molecule has 5 heteroatoms. The van der Waals surface area contributed by atoms with Crippen LogP contribution in [0.2, 0.25) is 0 Å². The normalized spacial score (nSPS) is 16.0. The molecule has 0 radical (unpaired) electrons. The molecule has 1 aromatic rings. The van der Waals surface area contributed by atoms with Crippen molar-refractivity contribution in [1.82, 2.24) is 10.2 Å². The van der Waals surface area contributed by atoms with Crippen molar-refractivity contribution in [1.29, 1.82) is 0 Å². The van der Waals surface area contributed by atoms with E-state index in [4.69, 9.17) is 4.74 Å². The van der Waals surface area contributed by atoms with Crippen LogP contribution >= 0.6 is 0 Å². The average Bonchev–Trinajstić information content (AvgIpc) is 2.52. The molecule has 0 atom stereocenters. The number of phenolic OH excluding ortho intramolecular Hbond substituents is 1. The second-order valence-electron chi connectivity index (χ2n) is 5.43. The molecule has 2 amide bonds. The summed E-state index contributed by atoms with van der Waals surface area (Å²) < 4.78 is 4.96. The van der Waals surface area contributed by atoms with Crippen molar-refractivity contribution in [3.63, 3.8) is 0 Å². The van der Waals surface area contributed by atoms with E-state index in [0.29, 0.717) is 24.8 Å². The van der Waals surface area contributed by atoms with Gasteiger partial charge in [0.2, 0.25) is 0 Å². The summed E-state index contributed by atoms with van der Waals surface area (Å²) in [6.45, 7) is 2.89. The number of nitrogens with zero attached hydrogens (tertiary/aromatic N) is 1. The highest BCUT2D eigenvalue weighted by molar-refractivity contribution is 5.74. The lowest BCUT2D eigenvalue weighted by Crippen LogP contribution is -2.44. The lowest BCUT2D eigenvalue weighted by molar-refractivity contribution is 0.175. The third kappa shape index (κ3) is 4.63. The summed E-state index contributed by atoms with van der Waals surface area (Å²) in [5, 5.41) is 12.2. The van der Waals surface area contributed by atoms with E-state index in [2.05, 4.69) is 5.32 Å². The number of phenols is 1. The predicted molar refractivity (Wildman–Crippen MR) is 81.5 cm³/mol. The summed E-state index contributed by atoms with van der Waals surface area (Å²) in [6.07, 6.45) is 2.78. The van der Waals surface area contributed by atoms with E-state index in [-0.39, 0.29) is 6.03 Å². The van der Waals surface area contributed by atoms with E-state index in [9.17, 15) is 9.90 Å². The zero-order valence-corrected chi connectivity index (χ0v) is 12.5. The molecule has 0 spiro atoms. The van der Waals surface area contributed by atoms with Crippen molar-refractivity contribution in [2.24, 2.45) is 0 Å². The Balaban J connectivity index is 1.75. The van der Waals surface area contributed by atoms with Crippen molar-refractivity contribution >= 4 is 6.03 Å². The number of benzene rings is 1. The first-order chi connectivity index (χ1) is 10.2. The second-order valence-corrected chi connectivity index (χ2v) is 5.43. The summed E-state index contributed by atoms with van der Waals surface area (Å²) in [5.41, 5.74) is 1.24. The summed E-state index contributed by atoms with van der Waals surface area (Å²) in [7, 11) is 1.66. The maximum Gasteiger partial charge on any atom is 0.317 e. The monoisotopic (exact) mass is 292 g/mol. The summed E-state index contributed by atoms with van der Waals surface area (Å²) >= 11 is 0. The summed E-state index contributed by atoms with van der Waals surface area (Å²) in [6, 6.07) is 7.42. The lowest BCUT2D eigenvalue weighted by atomic mass is 9.89. The molecule has 21 heavy (non-hydrogen) atoms. The first kappa shape index (κ1) is 15.6. The third-order valence-corrected chi connectivity index (χ3v) is 3.95. The fraction of sp³-hybridized carbons (Fsp3) is 0.562. The Morgan fingerprint density at radius 1 is 1.33 bits per heavy atom. The van der Waals surface area contributed by atoms with E-state index in [0.717, 1.165) is 32.4 Å². The lowest BCUT2D eigenvalue weighted by Gasteiger charge is -2.32. The number of likely N-dealkylation sites (tertiary alicyclic amines) is 1. The van der Waals surface area contributed by atoms with Gasteiger partial charge in [-0.3, -0.25) is 0 Å². The number of carbonyl (C=O) groups is 1. The van der Waals surface area contributed by atoms with Gasteiger partial charge in [0, 0.05) is 33.4 Å². The van der Waals surface area contributed by atoms with Gasteiger partial charge in [0.05, 0.1) is 0 Å². The van der Waals surface area contributed by atoms with E-state index >= 15 is 0 Å². The Labute approximate surface area is 125 Å². The number of rotatable bonds is 5. The van der Waals surface area contributed by atoms with E-state index in [1.165, 1.54) is 5.56 Å². The quantitative estimate of drug-likeness (QED) is 0.819. The number of nitrogens with one attached hydrogen (secondary N) is 1. The number of amides is 2. The minimum atomic E-state index is 0.0234. The van der Waals surface area contributed by atoms with Crippen LogP contribution in [0.25, 0.3) is 0 Å². The van der Waals surface area contributed by atoms with Crippen molar-refractivity contribution < 1.29 is 14.6 Å². The first-order valence-corrected chi connectivity index (χ1v) is 7.51. The molecular formula is C16H24N2O3. The van der Waals surface area contributed by atoms with Crippen molar-refractivity contribution in [2.75, 3.05) is 33.4 Å². The molecule has 0 saturated carbocycles. The first-order valence-electron chi connectivity index (χ1n) is 7.51. The minimum Gasteiger partial charge on any atom is -0.508 e. The predicted octanol–water partition coefficient (Wildman–Crippen LogP) is 2.32. The largest absolute Gasteiger partial charge is 0.508 e. The number of carbonyl (C=O) groups excluding carboxylic acids is 1. The van der Waals surface area contributed by atoms with Gasteiger partial charge < -0.3 is 20.1 Å². The van der Waals surface area contributed by atoms with Gasteiger partial charge in [-0.2, -0.15) is 0 Å². The number of hydrogen-bond acceptors (Lipinski definition) is 3. The molecule has 0 aromatic heterocycles. The molecule has 1 heterocycles. The topological polar surface area (TPSA) is 61.8 Å². The van der Waals surface area contributed by atoms with Gasteiger partial charge in [-0.05, 0) is 42.9 Å². The number of ether oxygens (including phenoxy) is 1. The molecule has 1 aromatic carbocycles. The molecule has 1 aliphatic rings. The maximum atomic E-state index is 12.0. The SMILES string of the molecule is COCCCNC(=O)N1CCC(c2ccc(O)cc2)CC1. The second kappa shape index (κ2) is 7.88. The van der Waals surface area contributed by atoms with Crippen molar-refractivity contribution in [2.45, 2.75) is 25.2 Å². The zero-order valence-electron chi connectivity index (χ0n) is 12.5.